The SMILES string of the molecule is CCCSN(C)C. The summed E-state index contributed by atoms with van der Waals surface area (Å²) in [6.07, 6.45) is 1.27. The molecular weight excluding hydrogens is 106 g/mol. The maximum absolute atomic E-state index is 2.19. The zero-order chi connectivity index (χ0) is 5.70. The highest BCUT2D eigenvalue weighted by molar-refractivity contribution is 7.96. The number of hydrogen-bond donors (Lipinski definition) is 0. The molecule has 0 aromatic rings. The van der Waals surface area contributed by atoms with Gasteiger partial charge in [-0.2, -0.15) is 0 Å². The molecule has 0 aliphatic heterocycles. The molecule has 0 bridgehead atoms. The molecule has 0 unspecified atom stereocenters. The molecule has 0 radical (unpaired) electrons. The summed E-state index contributed by atoms with van der Waals surface area (Å²) in [4.78, 5) is 0. The van der Waals surface area contributed by atoms with Gasteiger partial charge in [-0.15, -0.1) is 0 Å². The van der Waals surface area contributed by atoms with Crippen LogP contribution >= 0.6 is 11.9 Å². The standard InChI is InChI=1S/C5H13NS/c1-4-5-7-6(2)3/h4-5H2,1-3H3. The van der Waals surface area contributed by atoms with E-state index in [1.165, 1.54) is 12.2 Å². The van der Waals surface area contributed by atoms with Gasteiger partial charge in [0.15, 0.2) is 0 Å². The van der Waals surface area contributed by atoms with Crippen molar-refractivity contribution in [2.75, 3.05) is 19.8 Å². The lowest BCUT2D eigenvalue weighted by molar-refractivity contribution is 0.701. The minimum atomic E-state index is 1.24. The van der Waals surface area contributed by atoms with Crippen molar-refractivity contribution in [2.45, 2.75) is 13.3 Å². The minimum absolute atomic E-state index is 1.24. The van der Waals surface area contributed by atoms with E-state index < -0.39 is 0 Å². The van der Waals surface area contributed by atoms with E-state index in [1.54, 1.807) is 0 Å². The van der Waals surface area contributed by atoms with Crippen LogP contribution in [0.25, 0.3) is 0 Å². The predicted octanol–water partition coefficient (Wildman–Crippen LogP) is 1.61. The molecule has 2 heteroatoms. The van der Waals surface area contributed by atoms with Gasteiger partial charge in [-0.05, 0) is 20.5 Å². The zero-order valence-electron chi connectivity index (χ0n) is 5.27. The van der Waals surface area contributed by atoms with Crippen LogP contribution in [-0.4, -0.2) is 24.2 Å². The van der Waals surface area contributed by atoms with Crippen LogP contribution in [0.5, 0.6) is 0 Å². The van der Waals surface area contributed by atoms with Crippen LogP contribution in [0.3, 0.4) is 0 Å². The van der Waals surface area contributed by atoms with Gasteiger partial charge in [-0.25, -0.2) is 0 Å². The Kier molecular flexibility index (Phi) is 4.67. The Morgan fingerprint density at radius 1 is 1.43 bits per heavy atom. The summed E-state index contributed by atoms with van der Waals surface area (Å²) < 4.78 is 2.13. The highest BCUT2D eigenvalue weighted by Crippen LogP contribution is 2.02. The molecule has 0 amide bonds. The van der Waals surface area contributed by atoms with Crippen molar-refractivity contribution in [3.8, 4) is 0 Å². The van der Waals surface area contributed by atoms with Gasteiger partial charge in [-0.1, -0.05) is 18.9 Å². The van der Waals surface area contributed by atoms with E-state index in [0.717, 1.165) is 0 Å². The summed E-state index contributed by atoms with van der Waals surface area (Å²) in [5.74, 6) is 1.24. The van der Waals surface area contributed by atoms with Gasteiger partial charge in [0, 0.05) is 5.75 Å². The normalized spacial score (nSPS) is 10.3. The summed E-state index contributed by atoms with van der Waals surface area (Å²) >= 11 is 1.86. The fourth-order valence-electron chi connectivity index (χ4n) is 0.274. The summed E-state index contributed by atoms with van der Waals surface area (Å²) in [7, 11) is 4.14. The first-order valence-electron chi connectivity index (χ1n) is 2.57. The first kappa shape index (κ1) is 7.31. The molecule has 0 aliphatic rings. The van der Waals surface area contributed by atoms with Crippen molar-refractivity contribution in [3.63, 3.8) is 0 Å². The Morgan fingerprint density at radius 2 is 2.00 bits per heavy atom. The highest BCUT2D eigenvalue weighted by atomic mass is 32.2. The van der Waals surface area contributed by atoms with E-state index in [-0.39, 0.29) is 0 Å². The fourth-order valence-corrected chi connectivity index (χ4v) is 0.822. The third kappa shape index (κ3) is 6.31. The molecule has 0 saturated carbocycles. The Balaban J connectivity index is 2.68. The molecule has 0 aromatic heterocycles. The van der Waals surface area contributed by atoms with E-state index in [1.807, 2.05) is 11.9 Å². The summed E-state index contributed by atoms with van der Waals surface area (Å²) in [5.41, 5.74) is 0. The summed E-state index contributed by atoms with van der Waals surface area (Å²) in [6.45, 7) is 2.19. The van der Waals surface area contributed by atoms with Gasteiger partial charge in [0.25, 0.3) is 0 Å². The van der Waals surface area contributed by atoms with Crippen molar-refractivity contribution in [2.24, 2.45) is 0 Å². The van der Waals surface area contributed by atoms with E-state index in [2.05, 4.69) is 25.3 Å². The second kappa shape index (κ2) is 4.47. The molecule has 0 fully saturated rings. The van der Waals surface area contributed by atoms with Gasteiger partial charge in [0.2, 0.25) is 0 Å². The Bertz CT molecular complexity index is 37.1. The number of nitrogens with zero attached hydrogens (tertiary/aromatic N) is 1. The molecule has 0 atom stereocenters. The zero-order valence-corrected chi connectivity index (χ0v) is 6.09. The molecule has 0 N–H and O–H groups in total. The number of hydrogen-bond acceptors (Lipinski definition) is 2. The summed E-state index contributed by atoms with van der Waals surface area (Å²) in [5, 5.41) is 0. The van der Waals surface area contributed by atoms with Gasteiger partial charge in [-0.3, -0.25) is 4.31 Å². The van der Waals surface area contributed by atoms with Crippen molar-refractivity contribution in [1.82, 2.24) is 4.31 Å². The smallest absolute Gasteiger partial charge is 0.00780 e. The molecule has 0 rings (SSSR count). The third-order valence-electron chi connectivity index (χ3n) is 0.554. The average molecular weight is 119 g/mol. The maximum Gasteiger partial charge on any atom is 0.00780 e. The molecule has 1 nitrogen and oxygen atoms in total. The molecule has 0 saturated heterocycles. The molecule has 0 heterocycles. The van der Waals surface area contributed by atoms with Crippen LogP contribution < -0.4 is 0 Å². The third-order valence-corrected chi connectivity index (χ3v) is 1.66. The topological polar surface area (TPSA) is 3.24 Å². The monoisotopic (exact) mass is 119 g/mol. The lowest BCUT2D eigenvalue weighted by Gasteiger charge is -2.04. The van der Waals surface area contributed by atoms with Gasteiger partial charge in [0.1, 0.15) is 0 Å². The Hall–Kier alpha value is 0.310. The fraction of sp³-hybridized carbons (Fsp3) is 1.00. The van der Waals surface area contributed by atoms with E-state index in [9.17, 15) is 0 Å². The quantitative estimate of drug-likeness (QED) is 0.519. The molecule has 7 heavy (non-hydrogen) atoms. The van der Waals surface area contributed by atoms with Crippen LogP contribution in [0.15, 0.2) is 0 Å². The van der Waals surface area contributed by atoms with E-state index >= 15 is 0 Å². The average Bonchev–Trinajstić information content (AvgIpc) is 1.61. The van der Waals surface area contributed by atoms with Crippen LogP contribution in [0.2, 0.25) is 0 Å². The Morgan fingerprint density at radius 3 is 2.14 bits per heavy atom. The summed E-state index contributed by atoms with van der Waals surface area (Å²) in [6, 6.07) is 0. The van der Waals surface area contributed by atoms with Crippen molar-refractivity contribution < 1.29 is 0 Å². The van der Waals surface area contributed by atoms with Gasteiger partial charge >= 0.3 is 0 Å². The predicted molar refractivity (Wildman–Crippen MR) is 36.4 cm³/mol. The lowest BCUT2D eigenvalue weighted by Crippen LogP contribution is -1.99. The van der Waals surface area contributed by atoms with Crippen LogP contribution in [0.1, 0.15) is 13.3 Å². The Labute approximate surface area is 50.2 Å². The van der Waals surface area contributed by atoms with Crippen molar-refractivity contribution >= 4 is 11.9 Å². The van der Waals surface area contributed by atoms with Gasteiger partial charge in [0.05, 0.1) is 0 Å². The van der Waals surface area contributed by atoms with Crippen LogP contribution in [0, 0.1) is 0 Å². The largest absolute Gasteiger partial charge is 0.257 e. The molecule has 0 spiro atoms. The lowest BCUT2D eigenvalue weighted by atomic mass is 10.6. The van der Waals surface area contributed by atoms with Crippen molar-refractivity contribution in [1.29, 1.82) is 0 Å². The second-order valence-corrected chi connectivity index (χ2v) is 3.04. The molecule has 0 aromatic carbocycles. The van der Waals surface area contributed by atoms with E-state index in [0.29, 0.717) is 0 Å². The van der Waals surface area contributed by atoms with Gasteiger partial charge < -0.3 is 0 Å². The first-order valence-corrected chi connectivity index (χ1v) is 3.52. The molecular formula is C5H13NS. The minimum Gasteiger partial charge on any atom is -0.257 e. The maximum atomic E-state index is 2.19. The van der Waals surface area contributed by atoms with Crippen LogP contribution in [0.4, 0.5) is 0 Å². The van der Waals surface area contributed by atoms with Crippen molar-refractivity contribution in [3.05, 3.63) is 0 Å². The number of rotatable bonds is 3. The first-order chi connectivity index (χ1) is 3.27. The second-order valence-electron chi connectivity index (χ2n) is 1.65. The highest BCUT2D eigenvalue weighted by Gasteiger charge is 1.84. The van der Waals surface area contributed by atoms with Crippen LogP contribution in [-0.2, 0) is 0 Å². The molecule has 44 valence electrons. The van der Waals surface area contributed by atoms with E-state index in [4.69, 9.17) is 0 Å². The molecule has 0 aliphatic carbocycles.